The number of nitriles is 1. The lowest BCUT2D eigenvalue weighted by molar-refractivity contribution is 0.353. The third kappa shape index (κ3) is 2.94. The van der Waals surface area contributed by atoms with Gasteiger partial charge in [0, 0.05) is 20.1 Å². The average Bonchev–Trinajstić information content (AvgIpc) is 2.55. The summed E-state index contributed by atoms with van der Waals surface area (Å²) in [6, 6.07) is 1.33. The number of rotatable bonds is 3. The Morgan fingerprint density at radius 1 is 1.25 bits per heavy atom. The zero-order valence-corrected chi connectivity index (χ0v) is 10.7. The van der Waals surface area contributed by atoms with Crippen molar-refractivity contribution in [3.05, 3.63) is 0 Å². The zero-order valence-electron chi connectivity index (χ0n) is 9.89. The molecule has 5 nitrogen and oxygen atoms in total. The van der Waals surface area contributed by atoms with E-state index in [4.69, 9.17) is 5.26 Å². The van der Waals surface area contributed by atoms with Crippen molar-refractivity contribution in [2.45, 2.75) is 38.6 Å². The van der Waals surface area contributed by atoms with Gasteiger partial charge in [-0.2, -0.15) is 22.3 Å². The van der Waals surface area contributed by atoms with E-state index in [2.05, 4.69) is 0 Å². The quantitative estimate of drug-likeness (QED) is 0.743. The maximum absolute atomic E-state index is 12.1. The van der Waals surface area contributed by atoms with Gasteiger partial charge in [0.05, 0.1) is 6.07 Å². The van der Waals surface area contributed by atoms with Crippen molar-refractivity contribution >= 4 is 10.2 Å². The fraction of sp³-hybridized carbons (Fsp3) is 0.900. The van der Waals surface area contributed by atoms with E-state index in [0.29, 0.717) is 13.1 Å². The first-order chi connectivity index (χ1) is 7.50. The Bertz CT molecular complexity index is 353. The molecule has 1 rings (SSSR count). The van der Waals surface area contributed by atoms with E-state index in [1.54, 1.807) is 6.92 Å². The van der Waals surface area contributed by atoms with Gasteiger partial charge >= 0.3 is 0 Å². The molecule has 1 unspecified atom stereocenters. The Balaban J connectivity index is 2.79. The molecule has 1 fully saturated rings. The fourth-order valence-corrected chi connectivity index (χ4v) is 3.27. The Labute approximate surface area is 97.8 Å². The minimum Gasteiger partial charge on any atom is -0.197 e. The van der Waals surface area contributed by atoms with Crippen LogP contribution in [-0.2, 0) is 10.2 Å². The van der Waals surface area contributed by atoms with Crippen LogP contribution in [0.15, 0.2) is 0 Å². The molecule has 0 amide bonds. The molecule has 0 bridgehead atoms. The highest BCUT2D eigenvalue weighted by atomic mass is 32.2. The molecule has 0 aromatic heterocycles. The average molecular weight is 245 g/mol. The normalized spacial score (nSPS) is 21.4. The van der Waals surface area contributed by atoms with E-state index < -0.39 is 16.3 Å². The first-order valence-corrected chi connectivity index (χ1v) is 7.02. The molecule has 0 saturated carbocycles. The van der Waals surface area contributed by atoms with Gasteiger partial charge in [-0.25, -0.2) is 0 Å². The highest BCUT2D eigenvalue weighted by Crippen LogP contribution is 2.16. The van der Waals surface area contributed by atoms with Crippen molar-refractivity contribution in [1.29, 1.82) is 5.26 Å². The summed E-state index contributed by atoms with van der Waals surface area (Å²) >= 11 is 0. The molecule has 0 spiro atoms. The minimum atomic E-state index is -3.45. The lowest BCUT2D eigenvalue weighted by Crippen LogP contribution is -2.45. The second-order valence-corrected chi connectivity index (χ2v) is 6.13. The van der Waals surface area contributed by atoms with E-state index in [0.717, 1.165) is 30.0 Å². The van der Waals surface area contributed by atoms with Gasteiger partial charge in [0.1, 0.15) is 6.04 Å². The van der Waals surface area contributed by atoms with Crippen molar-refractivity contribution in [3.8, 4) is 6.07 Å². The Hall–Kier alpha value is -0.640. The summed E-state index contributed by atoms with van der Waals surface area (Å²) in [7, 11) is -1.99. The topological polar surface area (TPSA) is 64.4 Å². The molecule has 0 aromatic rings. The first kappa shape index (κ1) is 13.4. The van der Waals surface area contributed by atoms with Crippen LogP contribution in [0.3, 0.4) is 0 Å². The minimum absolute atomic E-state index is 0.574. The smallest absolute Gasteiger partial charge is 0.197 e. The molecule has 6 heteroatoms. The van der Waals surface area contributed by atoms with Crippen molar-refractivity contribution in [2.75, 3.05) is 20.1 Å². The van der Waals surface area contributed by atoms with Gasteiger partial charge in [-0.05, 0) is 19.8 Å². The van der Waals surface area contributed by atoms with Gasteiger partial charge in [-0.3, -0.25) is 0 Å². The van der Waals surface area contributed by atoms with Crippen LogP contribution < -0.4 is 0 Å². The van der Waals surface area contributed by atoms with E-state index in [9.17, 15) is 8.42 Å². The molecule has 0 N–H and O–H groups in total. The predicted molar refractivity (Wildman–Crippen MR) is 61.8 cm³/mol. The number of nitrogens with zero attached hydrogens (tertiary/aromatic N) is 3. The number of hydrogen-bond donors (Lipinski definition) is 0. The molecule has 1 aliphatic heterocycles. The third-order valence-corrected chi connectivity index (χ3v) is 5.05. The second kappa shape index (κ2) is 5.62. The first-order valence-electron chi connectivity index (χ1n) is 5.63. The summed E-state index contributed by atoms with van der Waals surface area (Å²) in [6.45, 7) is 2.74. The molecule has 1 aliphatic rings. The van der Waals surface area contributed by atoms with Gasteiger partial charge in [-0.15, -0.1) is 0 Å². The summed E-state index contributed by atoms with van der Waals surface area (Å²) in [5.41, 5.74) is 0. The molecule has 1 atom stereocenters. The standard InChI is InChI=1S/C10H19N3O2S/c1-10(9-11)12(2)16(14,15)13-7-5-3-4-6-8-13/h10H,3-8H2,1-2H3. The molecular formula is C10H19N3O2S. The number of hydrogen-bond acceptors (Lipinski definition) is 3. The van der Waals surface area contributed by atoms with Crippen LogP contribution in [0.4, 0.5) is 0 Å². The van der Waals surface area contributed by atoms with Gasteiger partial charge in [0.15, 0.2) is 0 Å². The largest absolute Gasteiger partial charge is 0.282 e. The van der Waals surface area contributed by atoms with Crippen molar-refractivity contribution in [1.82, 2.24) is 8.61 Å². The van der Waals surface area contributed by atoms with Crippen LogP contribution in [0.5, 0.6) is 0 Å². The highest BCUT2D eigenvalue weighted by Gasteiger charge is 2.30. The van der Waals surface area contributed by atoms with Gasteiger partial charge < -0.3 is 0 Å². The van der Waals surface area contributed by atoms with Crippen LogP contribution in [0.25, 0.3) is 0 Å². The highest BCUT2D eigenvalue weighted by molar-refractivity contribution is 7.86. The summed E-state index contributed by atoms with van der Waals surface area (Å²) in [6.07, 6.45) is 4.00. The van der Waals surface area contributed by atoms with E-state index >= 15 is 0 Å². The summed E-state index contributed by atoms with van der Waals surface area (Å²) in [4.78, 5) is 0. The van der Waals surface area contributed by atoms with Crippen molar-refractivity contribution in [2.24, 2.45) is 0 Å². The maximum Gasteiger partial charge on any atom is 0.282 e. The van der Waals surface area contributed by atoms with Gasteiger partial charge in [-0.1, -0.05) is 12.8 Å². The zero-order chi connectivity index (χ0) is 12.2. The Kier molecular flexibility index (Phi) is 4.71. The van der Waals surface area contributed by atoms with Crippen LogP contribution in [0.2, 0.25) is 0 Å². The SMILES string of the molecule is CC(C#N)N(C)S(=O)(=O)N1CCCCCC1. The predicted octanol–water partition coefficient (Wildman–Crippen LogP) is 0.951. The fourth-order valence-electron chi connectivity index (χ4n) is 1.74. The van der Waals surface area contributed by atoms with E-state index in [1.165, 1.54) is 11.4 Å². The molecule has 16 heavy (non-hydrogen) atoms. The molecular weight excluding hydrogens is 226 g/mol. The van der Waals surface area contributed by atoms with Gasteiger partial charge in [0.2, 0.25) is 0 Å². The molecule has 0 aromatic carbocycles. The Morgan fingerprint density at radius 3 is 2.19 bits per heavy atom. The van der Waals surface area contributed by atoms with Gasteiger partial charge in [0.25, 0.3) is 10.2 Å². The van der Waals surface area contributed by atoms with Crippen molar-refractivity contribution < 1.29 is 8.42 Å². The van der Waals surface area contributed by atoms with Crippen molar-refractivity contribution in [3.63, 3.8) is 0 Å². The summed E-state index contributed by atoms with van der Waals surface area (Å²) in [5.74, 6) is 0. The molecule has 0 aliphatic carbocycles. The lowest BCUT2D eigenvalue weighted by Gasteiger charge is -2.27. The summed E-state index contributed by atoms with van der Waals surface area (Å²) < 4.78 is 26.9. The van der Waals surface area contributed by atoms with Crippen LogP contribution in [0, 0.1) is 11.3 Å². The molecule has 1 saturated heterocycles. The Morgan fingerprint density at radius 2 is 1.75 bits per heavy atom. The third-order valence-electron chi connectivity index (χ3n) is 2.99. The second-order valence-electron chi connectivity index (χ2n) is 4.14. The van der Waals surface area contributed by atoms with E-state index in [-0.39, 0.29) is 0 Å². The summed E-state index contributed by atoms with van der Waals surface area (Å²) in [5, 5.41) is 8.75. The lowest BCUT2D eigenvalue weighted by atomic mass is 10.2. The molecule has 1 heterocycles. The molecule has 92 valence electrons. The van der Waals surface area contributed by atoms with Crippen LogP contribution >= 0.6 is 0 Å². The van der Waals surface area contributed by atoms with Crippen LogP contribution in [0.1, 0.15) is 32.6 Å². The van der Waals surface area contributed by atoms with E-state index in [1.807, 2.05) is 6.07 Å². The maximum atomic E-state index is 12.1. The molecule has 0 radical (unpaired) electrons. The monoisotopic (exact) mass is 245 g/mol. The van der Waals surface area contributed by atoms with Crippen LogP contribution in [-0.4, -0.2) is 43.2 Å².